The van der Waals surface area contributed by atoms with Crippen LogP contribution in [0.4, 0.5) is 0 Å². The Morgan fingerprint density at radius 2 is 1.85 bits per heavy atom. The molecule has 0 atom stereocenters. The molecule has 0 spiro atoms. The molecule has 106 valence electrons. The van der Waals surface area contributed by atoms with Crippen LogP contribution in [0.15, 0.2) is 52.0 Å². The third-order valence-corrected chi connectivity index (χ3v) is 4.09. The number of sulfonamides is 1. The van der Waals surface area contributed by atoms with Gasteiger partial charge in [-0.1, -0.05) is 30.3 Å². The van der Waals surface area contributed by atoms with E-state index >= 15 is 0 Å². The summed E-state index contributed by atoms with van der Waals surface area (Å²) in [4.78, 5) is 10.5. The van der Waals surface area contributed by atoms with Crippen molar-refractivity contribution in [1.82, 2.24) is 4.72 Å². The van der Waals surface area contributed by atoms with Gasteiger partial charge in [-0.25, -0.2) is 13.1 Å². The van der Waals surface area contributed by atoms with Crippen LogP contribution in [-0.4, -0.2) is 21.2 Å². The smallest absolute Gasteiger partial charge is 0.273 e. The van der Waals surface area contributed by atoms with Crippen molar-refractivity contribution in [2.24, 2.45) is 0 Å². The molecular weight excluding hydrogens is 278 g/mol. The summed E-state index contributed by atoms with van der Waals surface area (Å²) in [7, 11) is -3.68. The summed E-state index contributed by atoms with van der Waals surface area (Å²) in [6, 6.07) is 12.4. The van der Waals surface area contributed by atoms with Crippen molar-refractivity contribution in [1.29, 1.82) is 0 Å². The monoisotopic (exact) mass is 293 g/mol. The molecule has 1 N–H and O–H groups in total. The van der Waals surface area contributed by atoms with Gasteiger partial charge in [-0.05, 0) is 30.5 Å². The van der Waals surface area contributed by atoms with Crippen molar-refractivity contribution in [3.8, 4) is 0 Å². The van der Waals surface area contributed by atoms with E-state index in [2.05, 4.69) is 4.72 Å². The third-order valence-electron chi connectivity index (χ3n) is 2.76. The second-order valence-electron chi connectivity index (χ2n) is 4.26. The number of hydrogen-bond acceptors (Lipinski definition) is 4. The lowest BCUT2D eigenvalue weighted by molar-refractivity contribution is 0.109. The molecular formula is C14H15NO4S. The van der Waals surface area contributed by atoms with Gasteiger partial charge in [0.15, 0.2) is 12.0 Å². The highest BCUT2D eigenvalue weighted by molar-refractivity contribution is 7.89. The van der Waals surface area contributed by atoms with Gasteiger partial charge >= 0.3 is 0 Å². The first-order valence-electron chi connectivity index (χ1n) is 6.20. The first-order chi connectivity index (χ1) is 9.62. The van der Waals surface area contributed by atoms with Crippen molar-refractivity contribution in [2.75, 3.05) is 6.54 Å². The molecule has 1 aromatic heterocycles. The number of furan rings is 1. The van der Waals surface area contributed by atoms with E-state index in [-0.39, 0.29) is 10.9 Å². The molecule has 0 radical (unpaired) electrons. The van der Waals surface area contributed by atoms with Gasteiger partial charge in [0.2, 0.25) is 5.09 Å². The van der Waals surface area contributed by atoms with Crippen molar-refractivity contribution in [3.05, 3.63) is 53.8 Å². The van der Waals surface area contributed by atoms with Crippen molar-refractivity contribution in [2.45, 2.75) is 17.9 Å². The van der Waals surface area contributed by atoms with E-state index in [0.29, 0.717) is 19.3 Å². The molecule has 0 aliphatic rings. The van der Waals surface area contributed by atoms with Gasteiger partial charge in [-0.15, -0.1) is 0 Å². The molecule has 20 heavy (non-hydrogen) atoms. The minimum atomic E-state index is -3.68. The van der Waals surface area contributed by atoms with Crippen molar-refractivity contribution >= 4 is 16.3 Å². The van der Waals surface area contributed by atoms with Gasteiger partial charge in [-0.2, -0.15) is 0 Å². The van der Waals surface area contributed by atoms with Crippen LogP contribution in [0.25, 0.3) is 0 Å². The molecule has 5 nitrogen and oxygen atoms in total. The summed E-state index contributed by atoms with van der Waals surface area (Å²) >= 11 is 0. The molecule has 2 rings (SSSR count). The minimum Gasteiger partial charge on any atom is -0.440 e. The molecule has 0 fully saturated rings. The Labute approximate surface area is 117 Å². The van der Waals surface area contributed by atoms with E-state index in [1.807, 2.05) is 30.3 Å². The fourth-order valence-electron chi connectivity index (χ4n) is 1.76. The second kappa shape index (κ2) is 6.49. The third kappa shape index (κ3) is 3.79. The summed E-state index contributed by atoms with van der Waals surface area (Å²) in [5.41, 5.74) is 1.16. The van der Waals surface area contributed by atoms with E-state index < -0.39 is 10.0 Å². The summed E-state index contributed by atoms with van der Waals surface area (Å²) < 4.78 is 31.0. The second-order valence-corrected chi connectivity index (χ2v) is 5.96. The first-order valence-corrected chi connectivity index (χ1v) is 7.69. The average Bonchev–Trinajstić information content (AvgIpc) is 2.95. The number of hydrogen-bond donors (Lipinski definition) is 1. The molecule has 2 aromatic rings. The first kappa shape index (κ1) is 14.5. The maximum Gasteiger partial charge on any atom is 0.273 e. The molecule has 1 aromatic carbocycles. The molecule has 0 saturated heterocycles. The highest BCUT2D eigenvalue weighted by atomic mass is 32.2. The summed E-state index contributed by atoms with van der Waals surface area (Å²) in [5, 5.41) is -0.237. The van der Waals surface area contributed by atoms with Crippen LogP contribution in [0.3, 0.4) is 0 Å². The fraction of sp³-hybridized carbons (Fsp3) is 0.214. The van der Waals surface area contributed by atoms with E-state index in [1.165, 1.54) is 12.1 Å². The predicted molar refractivity (Wildman–Crippen MR) is 74.0 cm³/mol. The molecule has 1 heterocycles. The highest BCUT2D eigenvalue weighted by Crippen LogP contribution is 2.12. The van der Waals surface area contributed by atoms with E-state index in [4.69, 9.17) is 4.42 Å². The fourth-order valence-corrected chi connectivity index (χ4v) is 2.77. The number of benzene rings is 1. The van der Waals surface area contributed by atoms with Gasteiger partial charge in [0.25, 0.3) is 10.0 Å². The Balaban J connectivity index is 1.85. The van der Waals surface area contributed by atoms with Gasteiger partial charge in [0.1, 0.15) is 0 Å². The molecule has 0 bridgehead atoms. The molecule has 0 unspecified atom stereocenters. The van der Waals surface area contributed by atoms with E-state index in [1.54, 1.807) is 0 Å². The lowest BCUT2D eigenvalue weighted by Gasteiger charge is -2.04. The van der Waals surface area contributed by atoms with E-state index in [0.717, 1.165) is 12.0 Å². The van der Waals surface area contributed by atoms with Gasteiger partial charge in [0.05, 0.1) is 0 Å². The summed E-state index contributed by atoms with van der Waals surface area (Å²) in [5.74, 6) is -0.00494. The summed E-state index contributed by atoms with van der Waals surface area (Å²) in [6.45, 7) is 0.314. The van der Waals surface area contributed by atoms with Crippen molar-refractivity contribution < 1.29 is 17.6 Å². The Morgan fingerprint density at radius 1 is 1.10 bits per heavy atom. The van der Waals surface area contributed by atoms with E-state index in [9.17, 15) is 13.2 Å². The van der Waals surface area contributed by atoms with Gasteiger partial charge < -0.3 is 4.42 Å². The number of nitrogens with one attached hydrogen (secondary N) is 1. The Hall–Kier alpha value is -1.92. The quantitative estimate of drug-likeness (QED) is 0.626. The topological polar surface area (TPSA) is 76.4 Å². The lowest BCUT2D eigenvalue weighted by Crippen LogP contribution is -2.24. The van der Waals surface area contributed by atoms with Crippen LogP contribution in [0.5, 0.6) is 0 Å². The molecule has 6 heteroatoms. The van der Waals surface area contributed by atoms with Crippen LogP contribution < -0.4 is 4.72 Å². The molecule has 0 saturated carbocycles. The number of carbonyl (C=O) groups is 1. The zero-order valence-corrected chi connectivity index (χ0v) is 11.6. The van der Waals surface area contributed by atoms with Gasteiger partial charge in [0, 0.05) is 6.54 Å². The predicted octanol–water partition coefficient (Wildman–Crippen LogP) is 2.00. The lowest BCUT2D eigenvalue weighted by atomic mass is 10.1. The molecule has 0 aliphatic carbocycles. The molecule has 0 amide bonds. The van der Waals surface area contributed by atoms with Crippen molar-refractivity contribution in [3.63, 3.8) is 0 Å². The SMILES string of the molecule is O=Cc1ccc(S(=O)(=O)NCCCc2ccccc2)o1. The highest BCUT2D eigenvalue weighted by Gasteiger charge is 2.17. The number of aldehydes is 1. The van der Waals surface area contributed by atoms with Crippen LogP contribution in [0, 0.1) is 0 Å². The number of carbonyl (C=O) groups excluding carboxylic acids is 1. The average molecular weight is 293 g/mol. The number of rotatable bonds is 7. The standard InChI is InChI=1S/C14H15NO4S/c16-11-13-8-9-14(19-13)20(17,18)15-10-4-7-12-5-2-1-3-6-12/h1-3,5-6,8-9,11,15H,4,7,10H2. The maximum atomic E-state index is 11.9. The minimum absolute atomic E-state index is 0.00494. The zero-order chi connectivity index (χ0) is 14.4. The zero-order valence-electron chi connectivity index (χ0n) is 10.8. The van der Waals surface area contributed by atoms with Crippen LogP contribution in [0.2, 0.25) is 0 Å². The maximum absolute atomic E-state index is 11.9. The largest absolute Gasteiger partial charge is 0.440 e. The number of aryl methyl sites for hydroxylation is 1. The Bertz CT molecular complexity index is 661. The van der Waals surface area contributed by atoms with Crippen LogP contribution in [0.1, 0.15) is 22.5 Å². The normalized spacial score (nSPS) is 11.4. The molecule has 0 aliphatic heterocycles. The van der Waals surface area contributed by atoms with Crippen LogP contribution in [-0.2, 0) is 16.4 Å². The Kier molecular flexibility index (Phi) is 4.70. The van der Waals surface area contributed by atoms with Gasteiger partial charge in [-0.3, -0.25) is 4.79 Å². The Morgan fingerprint density at radius 3 is 2.50 bits per heavy atom. The summed E-state index contributed by atoms with van der Waals surface area (Å²) in [6.07, 6.45) is 1.94. The van der Waals surface area contributed by atoms with Crippen LogP contribution >= 0.6 is 0 Å².